The van der Waals surface area contributed by atoms with E-state index >= 15 is 0 Å². The van der Waals surface area contributed by atoms with Gasteiger partial charge in [0.15, 0.2) is 0 Å². The van der Waals surface area contributed by atoms with Crippen LogP contribution < -0.4 is 11.1 Å². The van der Waals surface area contributed by atoms with Crippen LogP contribution in [0.25, 0.3) is 0 Å². The Balaban J connectivity index is 0.00000288. The van der Waals surface area contributed by atoms with Crippen LogP contribution in [0.4, 0.5) is 13.2 Å². The van der Waals surface area contributed by atoms with Crippen molar-refractivity contribution in [2.45, 2.75) is 50.7 Å². The maximum absolute atomic E-state index is 12.9. The van der Waals surface area contributed by atoms with Crippen LogP contribution in [-0.4, -0.2) is 18.5 Å². The van der Waals surface area contributed by atoms with E-state index in [0.29, 0.717) is 12.1 Å². The van der Waals surface area contributed by atoms with Crippen LogP contribution in [0.1, 0.15) is 44.2 Å². The van der Waals surface area contributed by atoms with Crippen LogP contribution in [0.3, 0.4) is 0 Å². The van der Waals surface area contributed by atoms with Crippen LogP contribution in [0.2, 0.25) is 0 Å². The van der Waals surface area contributed by atoms with Crippen molar-refractivity contribution < 1.29 is 18.0 Å². The molecule has 3 nitrogen and oxygen atoms in total. The predicted molar refractivity (Wildman–Crippen MR) is 90.0 cm³/mol. The molecule has 7 heteroatoms. The second kappa shape index (κ2) is 7.74. The normalized spacial score (nSPS) is 18.8. The third kappa shape index (κ3) is 4.42. The van der Waals surface area contributed by atoms with Gasteiger partial charge in [-0.05, 0) is 31.4 Å². The molecule has 0 aromatic heterocycles. The Morgan fingerprint density at radius 1 is 1.33 bits per heavy atom. The molecule has 2 atom stereocenters. The van der Waals surface area contributed by atoms with Crippen molar-refractivity contribution in [3.8, 4) is 0 Å². The first kappa shape index (κ1) is 20.8. The highest BCUT2D eigenvalue weighted by molar-refractivity contribution is 5.85. The minimum absolute atomic E-state index is 0. The Morgan fingerprint density at radius 3 is 2.42 bits per heavy atom. The lowest BCUT2D eigenvalue weighted by Gasteiger charge is -2.43. The molecular weight excluding hydrogens is 341 g/mol. The Hall–Kier alpha value is -1.27. The van der Waals surface area contributed by atoms with Gasteiger partial charge < -0.3 is 11.1 Å². The highest BCUT2D eigenvalue weighted by Crippen LogP contribution is 2.44. The van der Waals surface area contributed by atoms with Crippen LogP contribution in [0.15, 0.2) is 24.3 Å². The summed E-state index contributed by atoms with van der Waals surface area (Å²) in [6.45, 7) is 3.86. The summed E-state index contributed by atoms with van der Waals surface area (Å²) in [5, 5.41) is 2.86. The maximum atomic E-state index is 12.9. The smallest absolute Gasteiger partial charge is 0.355 e. The van der Waals surface area contributed by atoms with E-state index in [0.717, 1.165) is 25.3 Å². The Bertz CT molecular complexity index is 571. The van der Waals surface area contributed by atoms with Crippen LogP contribution >= 0.6 is 12.4 Å². The number of carbonyl (C=O) groups is 1. The number of nitrogens with two attached hydrogens (primary N) is 1. The van der Waals surface area contributed by atoms with E-state index in [-0.39, 0.29) is 30.3 Å². The third-order valence-electron chi connectivity index (χ3n) is 4.92. The maximum Gasteiger partial charge on any atom is 0.416 e. The molecule has 1 aliphatic carbocycles. The largest absolute Gasteiger partial charge is 0.416 e. The van der Waals surface area contributed by atoms with Crippen molar-refractivity contribution in [2.24, 2.45) is 11.7 Å². The number of nitrogens with one attached hydrogen (secondary N) is 1. The van der Waals surface area contributed by atoms with Crippen molar-refractivity contribution in [3.63, 3.8) is 0 Å². The van der Waals surface area contributed by atoms with Gasteiger partial charge in [-0.2, -0.15) is 13.2 Å². The van der Waals surface area contributed by atoms with E-state index in [1.54, 1.807) is 19.9 Å². The monoisotopic (exact) mass is 364 g/mol. The molecule has 136 valence electrons. The molecule has 2 rings (SSSR count). The first-order valence-corrected chi connectivity index (χ1v) is 7.87. The van der Waals surface area contributed by atoms with E-state index in [1.165, 1.54) is 12.1 Å². The van der Waals surface area contributed by atoms with Crippen LogP contribution in [0, 0.1) is 5.92 Å². The SMILES string of the molecule is CC(N)C(C)C(=O)NCC1(c2cccc(C(F)(F)F)c2)CCC1.Cl. The van der Waals surface area contributed by atoms with Crippen molar-refractivity contribution in [3.05, 3.63) is 35.4 Å². The standard InChI is InChI=1S/C17H23F3N2O.ClH/c1-11(12(2)21)15(23)22-10-16(7-4-8-16)13-5-3-6-14(9-13)17(18,19)20;/h3,5-6,9,11-12H,4,7-8,10,21H2,1-2H3,(H,22,23);1H. The average Bonchev–Trinajstić information content (AvgIpc) is 2.44. The van der Waals surface area contributed by atoms with Gasteiger partial charge in [0.05, 0.1) is 5.56 Å². The van der Waals surface area contributed by atoms with E-state index in [9.17, 15) is 18.0 Å². The summed E-state index contributed by atoms with van der Waals surface area (Å²) in [5.74, 6) is -0.480. The fraction of sp³-hybridized carbons (Fsp3) is 0.588. The summed E-state index contributed by atoms with van der Waals surface area (Å²) < 4.78 is 38.7. The summed E-state index contributed by atoms with van der Waals surface area (Å²) in [7, 11) is 0. The van der Waals surface area contributed by atoms with Gasteiger partial charge in [-0.25, -0.2) is 0 Å². The molecule has 0 heterocycles. The van der Waals surface area contributed by atoms with Gasteiger partial charge in [0.25, 0.3) is 0 Å². The van der Waals surface area contributed by atoms with Crippen LogP contribution in [-0.2, 0) is 16.4 Å². The molecule has 0 bridgehead atoms. The fourth-order valence-corrected chi connectivity index (χ4v) is 2.85. The molecule has 1 saturated carbocycles. The Morgan fingerprint density at radius 2 is 1.96 bits per heavy atom. The molecule has 3 N–H and O–H groups in total. The molecule has 1 fully saturated rings. The Kier molecular flexibility index (Phi) is 6.70. The number of benzene rings is 1. The Labute approximate surface area is 146 Å². The summed E-state index contributed by atoms with van der Waals surface area (Å²) in [5.41, 5.74) is 5.32. The second-order valence-electron chi connectivity index (χ2n) is 6.58. The number of carbonyl (C=O) groups excluding carboxylic acids is 1. The third-order valence-corrected chi connectivity index (χ3v) is 4.92. The average molecular weight is 365 g/mol. The lowest BCUT2D eigenvalue weighted by molar-refractivity contribution is -0.137. The highest BCUT2D eigenvalue weighted by atomic mass is 35.5. The first-order chi connectivity index (χ1) is 10.7. The van der Waals surface area contributed by atoms with Crippen molar-refractivity contribution in [1.82, 2.24) is 5.32 Å². The van der Waals surface area contributed by atoms with Gasteiger partial charge in [-0.3, -0.25) is 4.79 Å². The molecule has 2 unspecified atom stereocenters. The molecule has 0 aliphatic heterocycles. The lowest BCUT2D eigenvalue weighted by Crippen LogP contribution is -2.48. The molecule has 0 spiro atoms. The number of amides is 1. The summed E-state index contributed by atoms with van der Waals surface area (Å²) in [6, 6.07) is 5.17. The summed E-state index contributed by atoms with van der Waals surface area (Å²) in [6.07, 6.45) is -1.84. The fourth-order valence-electron chi connectivity index (χ4n) is 2.85. The van der Waals surface area contributed by atoms with Crippen LogP contribution in [0.5, 0.6) is 0 Å². The van der Waals surface area contributed by atoms with Gasteiger partial charge in [-0.1, -0.05) is 31.5 Å². The number of hydrogen-bond acceptors (Lipinski definition) is 2. The zero-order valence-corrected chi connectivity index (χ0v) is 14.6. The molecule has 0 radical (unpaired) electrons. The van der Waals surface area contributed by atoms with Gasteiger partial charge in [0.2, 0.25) is 5.91 Å². The van der Waals surface area contributed by atoms with E-state index in [2.05, 4.69) is 5.32 Å². The molecule has 1 aliphatic rings. The topological polar surface area (TPSA) is 55.1 Å². The zero-order chi connectivity index (χ0) is 17.3. The zero-order valence-electron chi connectivity index (χ0n) is 13.8. The summed E-state index contributed by atoms with van der Waals surface area (Å²) >= 11 is 0. The molecular formula is C17H24ClF3N2O. The minimum atomic E-state index is -4.35. The van der Waals surface area contributed by atoms with Gasteiger partial charge in [0, 0.05) is 23.9 Å². The highest BCUT2D eigenvalue weighted by Gasteiger charge is 2.40. The first-order valence-electron chi connectivity index (χ1n) is 7.87. The van der Waals surface area contributed by atoms with Gasteiger partial charge in [-0.15, -0.1) is 12.4 Å². The number of alkyl halides is 3. The second-order valence-corrected chi connectivity index (χ2v) is 6.58. The van der Waals surface area contributed by atoms with Crippen molar-refractivity contribution in [1.29, 1.82) is 0 Å². The quantitative estimate of drug-likeness (QED) is 0.838. The van der Waals surface area contributed by atoms with Gasteiger partial charge >= 0.3 is 6.18 Å². The van der Waals surface area contributed by atoms with Crippen molar-refractivity contribution in [2.75, 3.05) is 6.54 Å². The molecule has 1 aromatic carbocycles. The number of halogens is 4. The lowest BCUT2D eigenvalue weighted by atomic mass is 9.64. The number of rotatable bonds is 5. The van der Waals surface area contributed by atoms with E-state index in [1.807, 2.05) is 0 Å². The van der Waals surface area contributed by atoms with E-state index < -0.39 is 17.2 Å². The molecule has 24 heavy (non-hydrogen) atoms. The molecule has 1 aromatic rings. The molecule has 0 saturated heterocycles. The molecule has 1 amide bonds. The van der Waals surface area contributed by atoms with E-state index in [4.69, 9.17) is 5.73 Å². The van der Waals surface area contributed by atoms with Crippen molar-refractivity contribution >= 4 is 18.3 Å². The summed E-state index contributed by atoms with van der Waals surface area (Å²) in [4.78, 5) is 12.1. The predicted octanol–water partition coefficient (Wildman–Crippen LogP) is 3.65. The number of hydrogen-bond donors (Lipinski definition) is 2. The van der Waals surface area contributed by atoms with Gasteiger partial charge in [0.1, 0.15) is 0 Å². The minimum Gasteiger partial charge on any atom is -0.355 e.